The van der Waals surface area contributed by atoms with Gasteiger partial charge in [-0.2, -0.15) is 0 Å². The molecule has 16 heavy (non-hydrogen) atoms. The van der Waals surface area contributed by atoms with E-state index in [2.05, 4.69) is 39.5 Å². The minimum atomic E-state index is -0.326. The zero-order chi connectivity index (χ0) is 11.5. The Balaban J connectivity index is 2.42. The molecule has 0 fully saturated rings. The van der Waals surface area contributed by atoms with Crippen molar-refractivity contribution in [1.82, 2.24) is 0 Å². The van der Waals surface area contributed by atoms with Crippen molar-refractivity contribution < 1.29 is 9.53 Å². The number of ether oxygens (including phenoxy) is 1. The van der Waals surface area contributed by atoms with Crippen LogP contribution < -0.4 is 0 Å². The second-order valence-corrected chi connectivity index (χ2v) is 5.30. The highest BCUT2D eigenvalue weighted by Gasteiger charge is 2.06. The van der Waals surface area contributed by atoms with Gasteiger partial charge in [0.1, 0.15) is 0 Å². The van der Waals surface area contributed by atoms with Gasteiger partial charge in [0.05, 0.1) is 7.11 Å². The molecule has 2 rings (SSSR count). The Morgan fingerprint density at radius 3 is 2.88 bits per heavy atom. The van der Waals surface area contributed by atoms with Gasteiger partial charge in [0.2, 0.25) is 0 Å². The van der Waals surface area contributed by atoms with Gasteiger partial charge >= 0.3 is 5.97 Å². The predicted octanol–water partition coefficient (Wildman–Crippen LogP) is 3.69. The number of halogens is 1. The molecule has 0 spiro atoms. The number of thiophene rings is 1. The molecule has 0 unspecified atom stereocenters. The summed E-state index contributed by atoms with van der Waals surface area (Å²) in [7, 11) is 1.38. The minimum Gasteiger partial charge on any atom is -0.466 e. The number of hydrogen-bond acceptors (Lipinski definition) is 3. The van der Waals surface area contributed by atoms with Crippen molar-refractivity contribution in [2.24, 2.45) is 0 Å². The van der Waals surface area contributed by atoms with Crippen LogP contribution in [0.15, 0.2) is 30.3 Å². The van der Waals surface area contributed by atoms with E-state index in [1.54, 1.807) is 17.4 Å². The fourth-order valence-electron chi connectivity index (χ4n) is 1.35. The fraction of sp³-hybridized carbons (Fsp3) is 0.0833. The first-order chi connectivity index (χ1) is 7.72. The molecule has 0 saturated carbocycles. The van der Waals surface area contributed by atoms with Crippen molar-refractivity contribution in [2.75, 3.05) is 7.11 Å². The van der Waals surface area contributed by atoms with Crippen LogP contribution in [0.3, 0.4) is 0 Å². The number of methoxy groups -OCH3 is 1. The van der Waals surface area contributed by atoms with Gasteiger partial charge in [-0.3, -0.25) is 0 Å². The first kappa shape index (κ1) is 11.6. The van der Waals surface area contributed by atoms with E-state index in [4.69, 9.17) is 0 Å². The van der Waals surface area contributed by atoms with Crippen LogP contribution in [0.4, 0.5) is 0 Å². The topological polar surface area (TPSA) is 26.3 Å². The molecule has 0 aliphatic rings. The molecule has 4 heteroatoms. The summed E-state index contributed by atoms with van der Waals surface area (Å²) in [5, 5.41) is 1.23. The van der Waals surface area contributed by atoms with Gasteiger partial charge in [-0.25, -0.2) is 4.79 Å². The number of rotatable bonds is 2. The molecule has 2 nitrogen and oxygen atoms in total. The van der Waals surface area contributed by atoms with Crippen molar-refractivity contribution in [3.05, 3.63) is 38.8 Å². The van der Waals surface area contributed by atoms with Crippen LogP contribution in [0.2, 0.25) is 0 Å². The van der Waals surface area contributed by atoms with Crippen LogP contribution in [0.1, 0.15) is 4.88 Å². The van der Waals surface area contributed by atoms with Crippen LogP contribution in [-0.4, -0.2) is 13.1 Å². The summed E-state index contributed by atoms with van der Waals surface area (Å²) in [6.07, 6.45) is 3.26. The summed E-state index contributed by atoms with van der Waals surface area (Å²) in [4.78, 5) is 12.1. The van der Waals surface area contributed by atoms with E-state index in [0.717, 1.165) is 4.88 Å². The summed E-state index contributed by atoms with van der Waals surface area (Å²) in [6, 6.07) is 8.20. The zero-order valence-corrected chi connectivity index (χ0v) is 11.5. The largest absolute Gasteiger partial charge is 0.466 e. The lowest BCUT2D eigenvalue weighted by Crippen LogP contribution is -1.92. The van der Waals surface area contributed by atoms with Gasteiger partial charge in [-0.1, -0.05) is 18.2 Å². The van der Waals surface area contributed by atoms with Crippen molar-refractivity contribution in [2.45, 2.75) is 0 Å². The van der Waals surface area contributed by atoms with E-state index in [0.29, 0.717) is 0 Å². The van der Waals surface area contributed by atoms with Crippen LogP contribution in [0.25, 0.3) is 16.2 Å². The van der Waals surface area contributed by atoms with Crippen LogP contribution in [0.5, 0.6) is 0 Å². The molecular formula is C12H9IO2S. The maximum atomic E-state index is 11.0. The third-order valence-corrected chi connectivity index (χ3v) is 4.80. The van der Waals surface area contributed by atoms with E-state index in [-0.39, 0.29) is 5.97 Å². The highest BCUT2D eigenvalue weighted by molar-refractivity contribution is 14.1. The Labute approximate surface area is 111 Å². The van der Waals surface area contributed by atoms with E-state index in [1.165, 1.54) is 26.8 Å². The van der Waals surface area contributed by atoms with Crippen LogP contribution in [-0.2, 0) is 9.53 Å². The van der Waals surface area contributed by atoms with Crippen molar-refractivity contribution in [1.29, 1.82) is 0 Å². The minimum absolute atomic E-state index is 0.326. The maximum absolute atomic E-state index is 11.0. The predicted molar refractivity (Wildman–Crippen MR) is 75.6 cm³/mol. The van der Waals surface area contributed by atoms with Gasteiger partial charge in [0, 0.05) is 24.6 Å². The molecule has 0 saturated heterocycles. The second kappa shape index (κ2) is 4.97. The Morgan fingerprint density at radius 2 is 2.19 bits per heavy atom. The zero-order valence-electron chi connectivity index (χ0n) is 8.57. The third kappa shape index (κ3) is 2.27. The van der Waals surface area contributed by atoms with Crippen LogP contribution >= 0.6 is 33.9 Å². The molecule has 0 radical (unpaired) electrons. The summed E-state index contributed by atoms with van der Waals surface area (Å²) < 4.78 is 6.97. The number of hydrogen-bond donors (Lipinski definition) is 0. The summed E-state index contributed by atoms with van der Waals surface area (Å²) >= 11 is 3.97. The summed E-state index contributed by atoms with van der Waals surface area (Å²) in [5.74, 6) is -0.326. The smallest absolute Gasteiger partial charge is 0.330 e. The summed E-state index contributed by atoms with van der Waals surface area (Å²) in [6.45, 7) is 0. The normalized spacial score (nSPS) is 11.1. The van der Waals surface area contributed by atoms with Crippen molar-refractivity contribution in [3.8, 4) is 0 Å². The molecule has 0 amide bonds. The first-order valence-corrected chi connectivity index (χ1v) is 6.55. The van der Waals surface area contributed by atoms with E-state index in [1.807, 2.05) is 12.1 Å². The number of benzene rings is 1. The lowest BCUT2D eigenvalue weighted by atomic mass is 10.2. The van der Waals surface area contributed by atoms with E-state index >= 15 is 0 Å². The van der Waals surface area contributed by atoms with Crippen LogP contribution in [0, 0.1) is 3.57 Å². The van der Waals surface area contributed by atoms with Crippen molar-refractivity contribution >= 4 is 56.1 Å². The SMILES string of the molecule is COC(=O)/C=C/c1sc2ccccc2c1I. The Bertz CT molecular complexity index is 557. The Kier molecular flexibility index (Phi) is 3.60. The fourth-order valence-corrected chi connectivity index (χ4v) is 3.51. The Hall–Kier alpha value is -0.880. The molecule has 1 aromatic carbocycles. The standard InChI is InChI=1S/C12H9IO2S/c1-15-11(14)7-6-10-12(13)8-4-2-3-5-9(8)16-10/h2-7H,1H3/b7-6+. The highest BCUT2D eigenvalue weighted by Crippen LogP contribution is 2.33. The lowest BCUT2D eigenvalue weighted by molar-refractivity contribution is -0.134. The number of fused-ring (bicyclic) bond motifs is 1. The molecule has 82 valence electrons. The third-order valence-electron chi connectivity index (χ3n) is 2.13. The first-order valence-electron chi connectivity index (χ1n) is 4.65. The van der Waals surface area contributed by atoms with Gasteiger partial charge in [-0.05, 0) is 34.7 Å². The lowest BCUT2D eigenvalue weighted by Gasteiger charge is -1.90. The molecule has 0 aliphatic heterocycles. The van der Waals surface area contributed by atoms with Gasteiger partial charge < -0.3 is 4.74 Å². The molecule has 2 aromatic rings. The quantitative estimate of drug-likeness (QED) is 0.472. The number of carbonyl (C=O) groups excluding carboxylic acids is 1. The average molecular weight is 344 g/mol. The summed E-state index contributed by atoms with van der Waals surface area (Å²) in [5.41, 5.74) is 0. The van der Waals surface area contributed by atoms with Gasteiger partial charge in [0.25, 0.3) is 0 Å². The second-order valence-electron chi connectivity index (χ2n) is 3.13. The molecule has 0 aliphatic carbocycles. The Morgan fingerprint density at radius 1 is 1.44 bits per heavy atom. The molecule has 1 heterocycles. The number of carbonyl (C=O) groups is 1. The van der Waals surface area contributed by atoms with Gasteiger partial charge in [0.15, 0.2) is 0 Å². The molecular weight excluding hydrogens is 335 g/mol. The monoisotopic (exact) mass is 344 g/mol. The maximum Gasteiger partial charge on any atom is 0.330 e. The van der Waals surface area contributed by atoms with E-state index in [9.17, 15) is 4.79 Å². The average Bonchev–Trinajstić information content (AvgIpc) is 2.64. The number of esters is 1. The molecule has 0 bridgehead atoms. The van der Waals surface area contributed by atoms with E-state index < -0.39 is 0 Å². The van der Waals surface area contributed by atoms with Gasteiger partial charge in [-0.15, -0.1) is 11.3 Å². The molecule has 0 N–H and O–H groups in total. The highest BCUT2D eigenvalue weighted by atomic mass is 127. The molecule has 1 aromatic heterocycles. The molecule has 0 atom stereocenters. The van der Waals surface area contributed by atoms with Crippen molar-refractivity contribution in [3.63, 3.8) is 0 Å².